The lowest BCUT2D eigenvalue weighted by molar-refractivity contribution is -0.136. The molecule has 6 heteroatoms. The molecule has 1 fully saturated rings. The van der Waals surface area contributed by atoms with Gasteiger partial charge in [0, 0.05) is 11.5 Å². The highest BCUT2D eigenvalue weighted by Gasteiger charge is 2.44. The Balaban J connectivity index is 1.83. The number of methoxy groups -OCH3 is 1. The predicted octanol–water partition coefficient (Wildman–Crippen LogP) is 4.61. The van der Waals surface area contributed by atoms with Crippen molar-refractivity contribution >= 4 is 27.8 Å². The summed E-state index contributed by atoms with van der Waals surface area (Å²) in [6.45, 7) is 2.03. The summed E-state index contributed by atoms with van der Waals surface area (Å²) in [6, 6.07) is 9.70. The van der Waals surface area contributed by atoms with Crippen molar-refractivity contribution in [3.05, 3.63) is 57.5 Å². The van der Waals surface area contributed by atoms with Crippen molar-refractivity contribution in [3.8, 4) is 0 Å². The van der Waals surface area contributed by atoms with Crippen molar-refractivity contribution in [2.75, 3.05) is 14.2 Å². The number of furan rings is 1. The Hall–Kier alpha value is -2.08. The number of nitrogens with zero attached hydrogens (tertiary/aromatic N) is 1. The van der Waals surface area contributed by atoms with Crippen LogP contribution in [-0.2, 0) is 21.5 Å². The lowest BCUT2D eigenvalue weighted by Crippen LogP contribution is -2.43. The zero-order chi connectivity index (χ0) is 19.6. The first-order valence-corrected chi connectivity index (χ1v) is 9.86. The Morgan fingerprint density at radius 1 is 1.22 bits per heavy atom. The van der Waals surface area contributed by atoms with Gasteiger partial charge in [-0.25, -0.2) is 4.79 Å². The molecule has 144 valence electrons. The van der Waals surface area contributed by atoms with Crippen LogP contribution < -0.4 is 0 Å². The van der Waals surface area contributed by atoms with E-state index in [2.05, 4.69) is 15.9 Å². The Labute approximate surface area is 167 Å². The summed E-state index contributed by atoms with van der Waals surface area (Å²) < 4.78 is 11.4. The smallest absolute Gasteiger partial charge is 0.341 e. The van der Waals surface area contributed by atoms with Crippen LogP contribution in [0.5, 0.6) is 0 Å². The third-order valence-electron chi connectivity index (χ3n) is 5.38. The van der Waals surface area contributed by atoms with Crippen LogP contribution in [0.2, 0.25) is 0 Å². The van der Waals surface area contributed by atoms with Gasteiger partial charge in [0.05, 0.1) is 19.1 Å². The first-order valence-electron chi connectivity index (χ1n) is 9.06. The van der Waals surface area contributed by atoms with Gasteiger partial charge in [-0.15, -0.1) is 0 Å². The second kappa shape index (κ2) is 7.89. The maximum Gasteiger partial charge on any atom is 0.341 e. The van der Waals surface area contributed by atoms with Crippen LogP contribution in [-0.4, -0.2) is 30.9 Å². The largest absolute Gasteiger partial charge is 0.465 e. The number of carbonyl (C=O) groups is 2. The van der Waals surface area contributed by atoms with Gasteiger partial charge in [0.25, 0.3) is 0 Å². The average Bonchev–Trinajstić information content (AvgIpc) is 3.28. The molecule has 27 heavy (non-hydrogen) atoms. The summed E-state index contributed by atoms with van der Waals surface area (Å²) in [6.07, 6.45) is 3.79. The standard InChI is InChI=1S/C21H24BrNO4/c1-14-18(19(24)26-3)12-17(27-14)13-23(2)20(25)21(10-4-5-11-21)15-6-8-16(22)9-7-15/h6-9,12H,4-5,10-11,13H2,1-3H3. The number of hydrogen-bond donors (Lipinski definition) is 0. The molecule has 1 aromatic carbocycles. The third kappa shape index (κ3) is 3.81. The first-order chi connectivity index (χ1) is 12.9. The van der Waals surface area contributed by atoms with Crippen LogP contribution in [0.25, 0.3) is 0 Å². The molecule has 0 radical (unpaired) electrons. The number of ether oxygens (including phenoxy) is 1. The Morgan fingerprint density at radius 2 is 1.85 bits per heavy atom. The van der Waals surface area contributed by atoms with Gasteiger partial charge in [-0.05, 0) is 43.5 Å². The van der Waals surface area contributed by atoms with Crippen molar-refractivity contribution < 1.29 is 18.7 Å². The molecular formula is C21H24BrNO4. The van der Waals surface area contributed by atoms with Gasteiger partial charge in [0.15, 0.2) is 0 Å². The number of rotatable bonds is 5. The van der Waals surface area contributed by atoms with Crippen molar-refractivity contribution in [1.82, 2.24) is 4.90 Å². The van der Waals surface area contributed by atoms with Gasteiger partial charge < -0.3 is 14.1 Å². The molecule has 0 N–H and O–H groups in total. The molecule has 1 aliphatic carbocycles. The number of likely N-dealkylation sites (N-methyl/N-ethyl adjacent to an activating group) is 1. The molecule has 2 aromatic rings. The van der Waals surface area contributed by atoms with E-state index in [1.165, 1.54) is 7.11 Å². The van der Waals surface area contributed by atoms with Gasteiger partial charge >= 0.3 is 5.97 Å². The van der Waals surface area contributed by atoms with E-state index < -0.39 is 11.4 Å². The monoisotopic (exact) mass is 433 g/mol. The molecule has 0 saturated heterocycles. The van der Waals surface area contributed by atoms with Crippen molar-refractivity contribution in [1.29, 1.82) is 0 Å². The molecule has 1 saturated carbocycles. The molecule has 1 amide bonds. The minimum atomic E-state index is -0.484. The highest BCUT2D eigenvalue weighted by atomic mass is 79.9. The maximum atomic E-state index is 13.4. The van der Waals surface area contributed by atoms with Crippen molar-refractivity contribution in [2.45, 2.75) is 44.6 Å². The summed E-state index contributed by atoms with van der Waals surface area (Å²) in [5, 5.41) is 0. The fraction of sp³-hybridized carbons (Fsp3) is 0.429. The SMILES string of the molecule is COC(=O)c1cc(CN(C)C(=O)C2(c3ccc(Br)cc3)CCCC2)oc1C. The van der Waals surface area contributed by atoms with E-state index in [-0.39, 0.29) is 5.91 Å². The molecule has 1 heterocycles. The van der Waals surface area contributed by atoms with Crippen LogP contribution in [0.15, 0.2) is 39.2 Å². The summed E-state index contributed by atoms with van der Waals surface area (Å²) in [5.41, 5.74) is 0.977. The normalized spacial score (nSPS) is 15.6. The molecule has 5 nitrogen and oxygen atoms in total. The van der Waals surface area contributed by atoms with Crippen LogP contribution in [0.4, 0.5) is 0 Å². The number of benzene rings is 1. The number of aryl methyl sites for hydroxylation is 1. The molecule has 0 unspecified atom stereocenters. The fourth-order valence-electron chi connectivity index (χ4n) is 3.98. The Kier molecular flexibility index (Phi) is 5.75. The average molecular weight is 434 g/mol. The quantitative estimate of drug-likeness (QED) is 0.645. The van der Waals surface area contributed by atoms with Gasteiger partial charge in [-0.2, -0.15) is 0 Å². The van der Waals surface area contributed by atoms with Crippen LogP contribution in [0.1, 0.15) is 53.1 Å². The minimum absolute atomic E-state index is 0.0935. The summed E-state index contributed by atoms with van der Waals surface area (Å²) in [4.78, 5) is 26.9. The molecule has 1 aliphatic rings. The minimum Gasteiger partial charge on any atom is -0.465 e. The number of esters is 1. The number of carbonyl (C=O) groups excluding carboxylic acids is 2. The summed E-state index contributed by atoms with van der Waals surface area (Å²) >= 11 is 3.46. The lowest BCUT2D eigenvalue weighted by Gasteiger charge is -2.32. The molecular weight excluding hydrogens is 410 g/mol. The van der Waals surface area contributed by atoms with Crippen molar-refractivity contribution in [2.24, 2.45) is 0 Å². The van der Waals surface area contributed by atoms with E-state index in [1.54, 1.807) is 24.9 Å². The van der Waals surface area contributed by atoms with Gasteiger partial charge in [-0.3, -0.25) is 4.79 Å². The molecule has 3 rings (SSSR count). The van der Waals surface area contributed by atoms with Crippen LogP contribution in [0, 0.1) is 6.92 Å². The Morgan fingerprint density at radius 3 is 2.44 bits per heavy atom. The third-order valence-corrected chi connectivity index (χ3v) is 5.91. The van der Waals surface area contributed by atoms with E-state index in [0.717, 1.165) is 35.7 Å². The van der Waals surface area contributed by atoms with Crippen LogP contribution >= 0.6 is 15.9 Å². The predicted molar refractivity (Wildman–Crippen MR) is 106 cm³/mol. The first kappa shape index (κ1) is 19.7. The fourth-order valence-corrected chi connectivity index (χ4v) is 4.24. The van der Waals surface area contributed by atoms with E-state index in [4.69, 9.17) is 9.15 Å². The van der Waals surface area contributed by atoms with E-state index in [1.807, 2.05) is 24.3 Å². The van der Waals surface area contributed by atoms with Gasteiger partial charge in [0.1, 0.15) is 17.1 Å². The molecule has 0 spiro atoms. The number of amides is 1. The van der Waals surface area contributed by atoms with E-state index in [0.29, 0.717) is 23.6 Å². The van der Waals surface area contributed by atoms with Gasteiger partial charge in [-0.1, -0.05) is 40.9 Å². The lowest BCUT2D eigenvalue weighted by atomic mass is 9.77. The highest BCUT2D eigenvalue weighted by molar-refractivity contribution is 9.10. The number of hydrogen-bond acceptors (Lipinski definition) is 4. The second-order valence-electron chi connectivity index (χ2n) is 7.13. The second-order valence-corrected chi connectivity index (χ2v) is 8.05. The van der Waals surface area contributed by atoms with Gasteiger partial charge in [0.2, 0.25) is 5.91 Å². The maximum absolute atomic E-state index is 13.4. The Bertz CT molecular complexity index is 834. The zero-order valence-electron chi connectivity index (χ0n) is 15.9. The molecule has 0 atom stereocenters. The van der Waals surface area contributed by atoms with E-state index in [9.17, 15) is 9.59 Å². The molecule has 0 bridgehead atoms. The van der Waals surface area contributed by atoms with Crippen molar-refractivity contribution in [3.63, 3.8) is 0 Å². The number of halogens is 1. The summed E-state index contributed by atoms with van der Waals surface area (Å²) in [5.74, 6) is 0.739. The zero-order valence-corrected chi connectivity index (χ0v) is 17.5. The molecule has 1 aromatic heterocycles. The van der Waals surface area contributed by atoms with E-state index >= 15 is 0 Å². The van der Waals surface area contributed by atoms with Crippen LogP contribution in [0.3, 0.4) is 0 Å². The topological polar surface area (TPSA) is 59.8 Å². The summed E-state index contributed by atoms with van der Waals surface area (Å²) in [7, 11) is 3.13. The molecule has 0 aliphatic heterocycles. The highest BCUT2D eigenvalue weighted by Crippen LogP contribution is 2.43.